The number of aromatic nitrogens is 4. The second-order valence-corrected chi connectivity index (χ2v) is 7.21. The number of nitrogens with zero attached hydrogens (tertiary/aromatic N) is 5. The molecule has 3 heterocycles. The minimum Gasteiger partial charge on any atom is -0.298 e. The molecule has 1 aliphatic rings. The summed E-state index contributed by atoms with van der Waals surface area (Å²) in [5.74, 6) is 0.216. The van der Waals surface area contributed by atoms with Crippen LogP contribution in [-0.4, -0.2) is 50.1 Å². The zero-order chi connectivity index (χ0) is 18.1. The maximum Gasteiger partial charge on any atom is 0.152 e. The third-order valence-electron chi connectivity index (χ3n) is 5.16. The number of hydrogen-bond acceptors (Lipinski definition) is 5. The predicted molar refractivity (Wildman–Crippen MR) is 101 cm³/mol. The van der Waals surface area contributed by atoms with Crippen LogP contribution in [0.15, 0.2) is 36.9 Å². The Hall–Kier alpha value is -2.60. The number of ketones is 1. The molecule has 1 aliphatic carbocycles. The van der Waals surface area contributed by atoms with Crippen molar-refractivity contribution >= 4 is 16.6 Å². The summed E-state index contributed by atoms with van der Waals surface area (Å²) in [6.07, 6.45) is 11.4. The van der Waals surface area contributed by atoms with Gasteiger partial charge in [-0.1, -0.05) is 6.42 Å². The minimum absolute atomic E-state index is 0.216. The van der Waals surface area contributed by atoms with Crippen LogP contribution in [0.25, 0.3) is 22.0 Å². The highest BCUT2D eigenvalue weighted by Crippen LogP contribution is 2.24. The van der Waals surface area contributed by atoms with E-state index >= 15 is 0 Å². The highest BCUT2D eigenvalue weighted by Gasteiger charge is 2.23. The number of pyridine rings is 2. The largest absolute Gasteiger partial charge is 0.298 e. The molecule has 0 spiro atoms. The molecule has 26 heavy (non-hydrogen) atoms. The van der Waals surface area contributed by atoms with Gasteiger partial charge in [0.2, 0.25) is 0 Å². The number of fused-ring (bicyclic) bond motifs is 1. The van der Waals surface area contributed by atoms with Crippen LogP contribution < -0.4 is 0 Å². The second-order valence-electron chi connectivity index (χ2n) is 7.21. The number of hydrogen-bond donors (Lipinski definition) is 0. The monoisotopic (exact) mass is 349 g/mol. The van der Waals surface area contributed by atoms with Gasteiger partial charge in [-0.15, -0.1) is 0 Å². The molecule has 0 radical (unpaired) electrons. The van der Waals surface area contributed by atoms with Gasteiger partial charge in [0.25, 0.3) is 0 Å². The molecule has 3 aromatic rings. The number of Topliss-reactive ketones (excluding diaryl/α,β-unsaturated/α-hetero) is 1. The van der Waals surface area contributed by atoms with E-state index < -0.39 is 0 Å². The lowest BCUT2D eigenvalue weighted by Crippen LogP contribution is -2.40. The first-order valence-corrected chi connectivity index (χ1v) is 9.04. The van der Waals surface area contributed by atoms with E-state index in [1.54, 1.807) is 17.1 Å². The molecule has 0 aliphatic heterocycles. The smallest absolute Gasteiger partial charge is 0.152 e. The number of aryl methyl sites for hydroxylation is 1. The molecule has 0 amide bonds. The second kappa shape index (κ2) is 6.96. The van der Waals surface area contributed by atoms with Crippen LogP contribution >= 0.6 is 0 Å². The maximum absolute atomic E-state index is 12.4. The van der Waals surface area contributed by atoms with E-state index in [2.05, 4.69) is 20.0 Å². The fourth-order valence-electron chi connectivity index (χ4n) is 3.38. The van der Waals surface area contributed by atoms with Crippen molar-refractivity contribution in [1.82, 2.24) is 24.6 Å². The molecular formula is C20H23N5O. The van der Waals surface area contributed by atoms with Gasteiger partial charge in [0.15, 0.2) is 5.78 Å². The normalized spacial score (nSPS) is 14.7. The molecule has 1 saturated carbocycles. The Morgan fingerprint density at radius 2 is 2.00 bits per heavy atom. The van der Waals surface area contributed by atoms with Crippen LogP contribution in [0.1, 0.15) is 25.0 Å². The summed E-state index contributed by atoms with van der Waals surface area (Å²) in [5.41, 5.74) is 2.66. The van der Waals surface area contributed by atoms with Crippen LogP contribution in [0.5, 0.6) is 0 Å². The first-order valence-electron chi connectivity index (χ1n) is 9.04. The van der Waals surface area contributed by atoms with Gasteiger partial charge in [0.05, 0.1) is 24.9 Å². The van der Waals surface area contributed by atoms with Crippen molar-refractivity contribution < 1.29 is 4.79 Å². The zero-order valence-electron chi connectivity index (χ0n) is 15.2. The average molecular weight is 349 g/mol. The van der Waals surface area contributed by atoms with Crippen LogP contribution in [0, 0.1) is 0 Å². The third-order valence-corrected chi connectivity index (χ3v) is 5.16. The minimum atomic E-state index is 0.216. The quantitative estimate of drug-likeness (QED) is 0.684. The van der Waals surface area contributed by atoms with Gasteiger partial charge in [-0.25, -0.2) is 0 Å². The Balaban J connectivity index is 1.51. The number of likely N-dealkylation sites (N-methyl/N-ethyl adjacent to an activating group) is 1. The fraction of sp³-hybridized carbons (Fsp3) is 0.400. The van der Waals surface area contributed by atoms with Gasteiger partial charge in [0, 0.05) is 48.3 Å². The van der Waals surface area contributed by atoms with Crippen molar-refractivity contribution in [2.45, 2.75) is 31.7 Å². The van der Waals surface area contributed by atoms with E-state index in [1.165, 1.54) is 19.3 Å². The standard InChI is InChI=1S/C20H23N5O/c1-24(18-4-3-5-18)13-19(26)8-17-6-14-7-20(16-11-23-25(2)12-16)22-10-15(14)9-21-17/h6-7,9-12,18H,3-5,8,13H2,1-2H3. The molecule has 0 saturated heterocycles. The molecule has 0 atom stereocenters. The Labute approximate surface area is 152 Å². The van der Waals surface area contributed by atoms with Gasteiger partial charge in [0.1, 0.15) is 0 Å². The Bertz CT molecular complexity index is 944. The predicted octanol–water partition coefficient (Wildman–Crippen LogP) is 2.63. The SMILES string of the molecule is CN(CC(=O)Cc1cc2cc(-c3cnn(C)c3)ncc2cn1)C1CCC1. The number of carbonyl (C=O) groups is 1. The van der Waals surface area contributed by atoms with Crippen molar-refractivity contribution in [3.63, 3.8) is 0 Å². The van der Waals surface area contributed by atoms with E-state index in [-0.39, 0.29) is 5.78 Å². The van der Waals surface area contributed by atoms with Crippen molar-refractivity contribution in [2.75, 3.05) is 13.6 Å². The first kappa shape index (κ1) is 16.8. The van der Waals surface area contributed by atoms with Crippen molar-refractivity contribution in [3.05, 3.63) is 42.6 Å². The lowest BCUT2D eigenvalue weighted by molar-refractivity contribution is -0.120. The fourth-order valence-corrected chi connectivity index (χ4v) is 3.38. The lowest BCUT2D eigenvalue weighted by atomic mass is 9.91. The van der Waals surface area contributed by atoms with Crippen LogP contribution in [0.3, 0.4) is 0 Å². The van der Waals surface area contributed by atoms with Crippen molar-refractivity contribution in [2.24, 2.45) is 7.05 Å². The third kappa shape index (κ3) is 3.51. The summed E-state index contributed by atoms with van der Waals surface area (Å²) in [4.78, 5) is 23.5. The van der Waals surface area contributed by atoms with E-state index in [9.17, 15) is 4.79 Å². The molecule has 134 valence electrons. The molecule has 1 fully saturated rings. The molecule has 3 aromatic heterocycles. The van der Waals surface area contributed by atoms with Gasteiger partial charge < -0.3 is 0 Å². The highest BCUT2D eigenvalue weighted by molar-refractivity contribution is 5.87. The summed E-state index contributed by atoms with van der Waals surface area (Å²) in [6.45, 7) is 0.502. The van der Waals surface area contributed by atoms with Gasteiger partial charge in [-0.3, -0.25) is 24.3 Å². The highest BCUT2D eigenvalue weighted by atomic mass is 16.1. The molecule has 6 nitrogen and oxygen atoms in total. The number of rotatable bonds is 6. The average Bonchev–Trinajstić information content (AvgIpc) is 2.98. The van der Waals surface area contributed by atoms with Crippen LogP contribution in [-0.2, 0) is 18.3 Å². The molecular weight excluding hydrogens is 326 g/mol. The van der Waals surface area contributed by atoms with E-state index in [1.807, 2.05) is 38.6 Å². The topological polar surface area (TPSA) is 63.9 Å². The zero-order valence-corrected chi connectivity index (χ0v) is 15.2. The summed E-state index contributed by atoms with van der Waals surface area (Å²) in [6, 6.07) is 4.61. The van der Waals surface area contributed by atoms with Crippen molar-refractivity contribution in [1.29, 1.82) is 0 Å². The summed E-state index contributed by atoms with van der Waals surface area (Å²) in [5, 5.41) is 6.22. The van der Waals surface area contributed by atoms with Crippen molar-refractivity contribution in [3.8, 4) is 11.3 Å². The Morgan fingerprint density at radius 1 is 1.19 bits per heavy atom. The van der Waals surface area contributed by atoms with Crippen LogP contribution in [0.2, 0.25) is 0 Å². The van der Waals surface area contributed by atoms with Gasteiger partial charge in [-0.05, 0) is 37.4 Å². The Morgan fingerprint density at radius 3 is 2.69 bits per heavy atom. The van der Waals surface area contributed by atoms with Gasteiger partial charge >= 0.3 is 0 Å². The van der Waals surface area contributed by atoms with E-state index in [0.29, 0.717) is 19.0 Å². The maximum atomic E-state index is 12.4. The molecule has 0 unspecified atom stereocenters. The van der Waals surface area contributed by atoms with Gasteiger partial charge in [-0.2, -0.15) is 5.10 Å². The van der Waals surface area contributed by atoms with E-state index in [0.717, 1.165) is 27.7 Å². The molecule has 6 heteroatoms. The number of carbonyl (C=O) groups excluding carboxylic acids is 1. The molecule has 0 bridgehead atoms. The Kier molecular flexibility index (Phi) is 4.51. The molecule has 0 aromatic carbocycles. The van der Waals surface area contributed by atoms with Crippen LogP contribution in [0.4, 0.5) is 0 Å². The molecule has 0 N–H and O–H groups in total. The van der Waals surface area contributed by atoms with E-state index in [4.69, 9.17) is 0 Å². The summed E-state index contributed by atoms with van der Waals surface area (Å²) in [7, 11) is 3.93. The first-order chi connectivity index (χ1) is 12.6. The lowest BCUT2D eigenvalue weighted by Gasteiger charge is -2.34. The summed E-state index contributed by atoms with van der Waals surface area (Å²) < 4.78 is 1.76. The molecule has 4 rings (SSSR count). The summed E-state index contributed by atoms with van der Waals surface area (Å²) >= 11 is 0.